The Bertz CT molecular complexity index is 459. The Hall–Kier alpha value is -0.630. The number of aryl methyl sites for hydroxylation is 1. The van der Waals surface area contributed by atoms with Gasteiger partial charge in [0.1, 0.15) is 0 Å². The summed E-state index contributed by atoms with van der Waals surface area (Å²) in [6.45, 7) is 1.47. The highest BCUT2D eigenvalue weighted by molar-refractivity contribution is 7.89. The highest BCUT2D eigenvalue weighted by Gasteiger charge is 2.27. The maximum Gasteiger partial charge on any atom is 0.259 e. The van der Waals surface area contributed by atoms with Gasteiger partial charge in [-0.15, -0.1) is 0 Å². The molecule has 0 radical (unpaired) electrons. The number of halogens is 1. The molecular weight excluding hydrogens is 252 g/mol. The second-order valence-corrected chi connectivity index (χ2v) is 5.77. The van der Waals surface area contributed by atoms with Crippen LogP contribution in [0.15, 0.2) is 11.2 Å². The molecule has 2 rings (SSSR count). The predicted octanol–water partition coefficient (Wildman–Crippen LogP) is -0.286. The molecule has 8 heteroatoms. The molecule has 1 aromatic heterocycles. The number of nitrogens with zero attached hydrogens (tertiary/aromatic N) is 2. The predicted molar refractivity (Wildman–Crippen MR) is 59.8 cm³/mol. The van der Waals surface area contributed by atoms with E-state index < -0.39 is 10.0 Å². The van der Waals surface area contributed by atoms with E-state index >= 15 is 0 Å². The van der Waals surface area contributed by atoms with Crippen LogP contribution in [-0.4, -0.2) is 37.3 Å². The lowest BCUT2D eigenvalue weighted by atomic mass is 10.3. The molecule has 90 valence electrons. The van der Waals surface area contributed by atoms with Crippen LogP contribution in [0, 0.1) is 0 Å². The van der Waals surface area contributed by atoms with Crippen LogP contribution in [-0.2, 0) is 17.1 Å². The van der Waals surface area contributed by atoms with E-state index in [2.05, 4.69) is 15.1 Å². The van der Waals surface area contributed by atoms with Crippen molar-refractivity contribution in [3.05, 3.63) is 11.2 Å². The molecule has 16 heavy (non-hydrogen) atoms. The zero-order valence-corrected chi connectivity index (χ0v) is 10.3. The molecule has 0 aliphatic carbocycles. The summed E-state index contributed by atoms with van der Waals surface area (Å²) in [6.07, 6.45) is 2.11. The van der Waals surface area contributed by atoms with Gasteiger partial charge in [0.2, 0.25) is 0 Å². The molecule has 1 aromatic rings. The van der Waals surface area contributed by atoms with Crippen molar-refractivity contribution in [2.45, 2.75) is 17.5 Å². The van der Waals surface area contributed by atoms with Crippen molar-refractivity contribution in [1.82, 2.24) is 19.8 Å². The molecule has 0 aromatic carbocycles. The average molecular weight is 265 g/mol. The first-order valence-corrected chi connectivity index (χ1v) is 6.77. The summed E-state index contributed by atoms with van der Waals surface area (Å²) in [5, 5.41) is 7.05. The standard InChI is InChI=1S/C8H13ClN4O2S/c1-13-8(7(9)5-11-13)16(14,15)12-6-2-3-10-4-6/h5-6,10,12H,2-4H2,1H3/t6-/m0/s1. The van der Waals surface area contributed by atoms with E-state index in [1.807, 2.05) is 0 Å². The van der Waals surface area contributed by atoms with Gasteiger partial charge in [0, 0.05) is 19.6 Å². The van der Waals surface area contributed by atoms with Crippen LogP contribution in [0.1, 0.15) is 6.42 Å². The first-order chi connectivity index (χ1) is 7.50. The van der Waals surface area contributed by atoms with Gasteiger partial charge in [0.25, 0.3) is 10.0 Å². The Morgan fingerprint density at radius 3 is 2.94 bits per heavy atom. The van der Waals surface area contributed by atoms with Gasteiger partial charge >= 0.3 is 0 Å². The summed E-state index contributed by atoms with van der Waals surface area (Å²) < 4.78 is 27.9. The van der Waals surface area contributed by atoms with Crippen LogP contribution in [0.25, 0.3) is 0 Å². The van der Waals surface area contributed by atoms with Crippen LogP contribution in [0.2, 0.25) is 5.02 Å². The van der Waals surface area contributed by atoms with Crippen molar-refractivity contribution in [2.24, 2.45) is 7.05 Å². The van der Waals surface area contributed by atoms with Crippen LogP contribution in [0.3, 0.4) is 0 Å². The van der Waals surface area contributed by atoms with Crippen molar-refractivity contribution >= 4 is 21.6 Å². The molecule has 1 atom stereocenters. The Morgan fingerprint density at radius 2 is 2.44 bits per heavy atom. The second-order valence-electron chi connectivity index (χ2n) is 3.73. The zero-order chi connectivity index (χ0) is 11.8. The van der Waals surface area contributed by atoms with Crippen molar-refractivity contribution in [1.29, 1.82) is 0 Å². The lowest BCUT2D eigenvalue weighted by Gasteiger charge is -2.12. The third-order valence-corrected chi connectivity index (χ3v) is 4.50. The van der Waals surface area contributed by atoms with E-state index in [9.17, 15) is 8.42 Å². The maximum absolute atomic E-state index is 12.0. The number of sulfonamides is 1. The van der Waals surface area contributed by atoms with E-state index in [1.54, 1.807) is 7.05 Å². The number of hydrogen-bond donors (Lipinski definition) is 2. The van der Waals surface area contributed by atoms with Crippen molar-refractivity contribution in [3.63, 3.8) is 0 Å². The largest absolute Gasteiger partial charge is 0.315 e. The molecule has 0 unspecified atom stereocenters. The minimum absolute atomic E-state index is 0.0149. The van der Waals surface area contributed by atoms with Crippen molar-refractivity contribution in [2.75, 3.05) is 13.1 Å². The molecule has 1 aliphatic rings. The molecule has 0 saturated carbocycles. The Morgan fingerprint density at radius 1 is 1.69 bits per heavy atom. The Balaban J connectivity index is 2.25. The molecule has 0 spiro atoms. The van der Waals surface area contributed by atoms with Gasteiger partial charge in [-0.05, 0) is 13.0 Å². The molecular formula is C8H13ClN4O2S. The van der Waals surface area contributed by atoms with E-state index in [0.29, 0.717) is 6.54 Å². The minimum Gasteiger partial charge on any atom is -0.315 e. The van der Waals surface area contributed by atoms with Gasteiger partial charge < -0.3 is 5.32 Å². The summed E-state index contributed by atoms with van der Waals surface area (Å²) >= 11 is 5.80. The Kier molecular flexibility index (Phi) is 3.20. The monoisotopic (exact) mass is 264 g/mol. The van der Waals surface area contributed by atoms with E-state index in [-0.39, 0.29) is 16.1 Å². The molecule has 6 nitrogen and oxygen atoms in total. The molecule has 1 aliphatic heterocycles. The van der Waals surface area contributed by atoms with Crippen molar-refractivity contribution in [3.8, 4) is 0 Å². The van der Waals surface area contributed by atoms with Gasteiger partial charge in [0.05, 0.1) is 11.2 Å². The van der Waals surface area contributed by atoms with E-state index in [1.165, 1.54) is 10.9 Å². The number of rotatable bonds is 3. The number of aromatic nitrogens is 2. The summed E-state index contributed by atoms with van der Waals surface area (Å²) in [6, 6.07) is -0.0732. The fourth-order valence-corrected chi connectivity index (χ4v) is 3.66. The molecule has 1 saturated heterocycles. The highest BCUT2D eigenvalue weighted by atomic mass is 35.5. The van der Waals surface area contributed by atoms with Crippen LogP contribution >= 0.6 is 11.6 Å². The van der Waals surface area contributed by atoms with Crippen LogP contribution in [0.4, 0.5) is 0 Å². The first kappa shape index (κ1) is 11.8. The quantitative estimate of drug-likeness (QED) is 0.787. The van der Waals surface area contributed by atoms with Gasteiger partial charge in [-0.3, -0.25) is 4.68 Å². The molecule has 2 heterocycles. The van der Waals surface area contributed by atoms with Gasteiger partial charge in [-0.2, -0.15) is 5.10 Å². The average Bonchev–Trinajstić information content (AvgIpc) is 2.76. The lowest BCUT2D eigenvalue weighted by Crippen LogP contribution is -2.37. The lowest BCUT2D eigenvalue weighted by molar-refractivity contribution is 0.544. The van der Waals surface area contributed by atoms with Crippen molar-refractivity contribution < 1.29 is 8.42 Å². The molecule has 0 bridgehead atoms. The fraction of sp³-hybridized carbons (Fsp3) is 0.625. The molecule has 1 fully saturated rings. The summed E-state index contributed by atoms with van der Waals surface area (Å²) in [4.78, 5) is 0. The maximum atomic E-state index is 12.0. The van der Waals surface area contributed by atoms with Crippen LogP contribution in [0.5, 0.6) is 0 Å². The number of nitrogens with one attached hydrogen (secondary N) is 2. The third-order valence-electron chi connectivity index (χ3n) is 2.48. The van der Waals surface area contributed by atoms with E-state index in [4.69, 9.17) is 11.6 Å². The normalized spacial score (nSPS) is 21.5. The van der Waals surface area contributed by atoms with Gasteiger partial charge in [-0.25, -0.2) is 13.1 Å². The SMILES string of the molecule is Cn1ncc(Cl)c1S(=O)(=O)N[C@H]1CCNC1. The molecule has 2 N–H and O–H groups in total. The second kappa shape index (κ2) is 4.33. The minimum atomic E-state index is -3.58. The highest BCUT2D eigenvalue weighted by Crippen LogP contribution is 2.20. The first-order valence-electron chi connectivity index (χ1n) is 4.91. The smallest absolute Gasteiger partial charge is 0.259 e. The summed E-state index contributed by atoms with van der Waals surface area (Å²) in [7, 11) is -2.03. The topological polar surface area (TPSA) is 76.0 Å². The molecule has 0 amide bonds. The van der Waals surface area contributed by atoms with Gasteiger partial charge in [0.15, 0.2) is 5.03 Å². The fourth-order valence-electron chi connectivity index (χ4n) is 1.73. The summed E-state index contributed by atoms with van der Waals surface area (Å²) in [5.41, 5.74) is 0. The van der Waals surface area contributed by atoms with Crippen LogP contribution < -0.4 is 10.0 Å². The van der Waals surface area contributed by atoms with E-state index in [0.717, 1.165) is 13.0 Å². The Labute approximate surface area is 99.0 Å². The number of hydrogen-bond acceptors (Lipinski definition) is 4. The zero-order valence-electron chi connectivity index (χ0n) is 8.77. The van der Waals surface area contributed by atoms with Gasteiger partial charge in [-0.1, -0.05) is 11.6 Å². The summed E-state index contributed by atoms with van der Waals surface area (Å²) in [5.74, 6) is 0. The third kappa shape index (κ3) is 2.22.